The van der Waals surface area contributed by atoms with Crippen LogP contribution in [0.25, 0.3) is 0 Å². The van der Waals surface area contributed by atoms with Gasteiger partial charge in [-0.3, -0.25) is 0 Å². The fourth-order valence-corrected chi connectivity index (χ4v) is 2.20. The van der Waals surface area contributed by atoms with Crippen molar-refractivity contribution < 1.29 is 23.0 Å². The maximum Gasteiger partial charge on any atom is 0.433 e. The molecule has 2 heterocycles. The van der Waals surface area contributed by atoms with E-state index in [0.29, 0.717) is 6.54 Å². The molecular weight excluding hydrogens is 275 g/mol. The lowest BCUT2D eigenvalue weighted by atomic mass is 10.1. The van der Waals surface area contributed by atoms with Crippen LogP contribution in [0.5, 0.6) is 0 Å². The zero-order valence-electron chi connectivity index (χ0n) is 11.2. The van der Waals surface area contributed by atoms with Crippen molar-refractivity contribution in [1.82, 2.24) is 9.97 Å². The van der Waals surface area contributed by atoms with Gasteiger partial charge in [-0.25, -0.2) is 9.97 Å². The van der Waals surface area contributed by atoms with Crippen LogP contribution in [-0.4, -0.2) is 46.5 Å². The molecule has 0 aromatic carbocycles. The minimum absolute atomic E-state index is 0.00495. The van der Waals surface area contributed by atoms with Crippen LogP contribution in [0.1, 0.15) is 19.5 Å². The normalized spacial score (nSPS) is 22.9. The van der Waals surface area contributed by atoms with Crippen LogP contribution in [0.2, 0.25) is 0 Å². The summed E-state index contributed by atoms with van der Waals surface area (Å²) in [6.45, 7) is 4.00. The summed E-state index contributed by atoms with van der Waals surface area (Å²) < 4.78 is 43.6. The van der Waals surface area contributed by atoms with E-state index >= 15 is 0 Å². The molecule has 1 saturated heterocycles. The number of ether oxygens (including phenoxy) is 1. The van der Waals surface area contributed by atoms with E-state index in [1.165, 1.54) is 0 Å². The molecule has 1 atom stereocenters. The van der Waals surface area contributed by atoms with Crippen LogP contribution < -0.4 is 4.90 Å². The topological polar surface area (TPSA) is 58.5 Å². The van der Waals surface area contributed by atoms with E-state index in [0.717, 1.165) is 12.3 Å². The minimum Gasteiger partial charge on any atom is -0.394 e. The molecule has 20 heavy (non-hydrogen) atoms. The molecule has 0 radical (unpaired) electrons. The Kier molecular flexibility index (Phi) is 3.88. The molecule has 0 spiro atoms. The van der Waals surface area contributed by atoms with Gasteiger partial charge in [0, 0.05) is 19.3 Å². The van der Waals surface area contributed by atoms with Crippen molar-refractivity contribution in [2.75, 3.05) is 24.6 Å². The summed E-state index contributed by atoms with van der Waals surface area (Å²) in [6.07, 6.45) is -3.89. The first-order chi connectivity index (χ1) is 9.21. The molecule has 1 aromatic rings. The van der Waals surface area contributed by atoms with E-state index < -0.39 is 23.6 Å². The zero-order chi connectivity index (χ0) is 15.0. The number of hydrogen-bond donors (Lipinski definition) is 1. The largest absolute Gasteiger partial charge is 0.433 e. The molecule has 8 heteroatoms. The highest BCUT2D eigenvalue weighted by Crippen LogP contribution is 2.29. The predicted molar refractivity (Wildman–Crippen MR) is 65.3 cm³/mol. The van der Waals surface area contributed by atoms with E-state index in [1.54, 1.807) is 18.7 Å². The van der Waals surface area contributed by atoms with Crippen molar-refractivity contribution in [2.45, 2.75) is 31.7 Å². The first kappa shape index (κ1) is 15.0. The van der Waals surface area contributed by atoms with Crippen LogP contribution in [0.15, 0.2) is 12.3 Å². The van der Waals surface area contributed by atoms with E-state index in [1.807, 2.05) is 0 Å². The van der Waals surface area contributed by atoms with Crippen LogP contribution >= 0.6 is 0 Å². The number of aliphatic hydroxyl groups excluding tert-OH is 1. The quantitative estimate of drug-likeness (QED) is 0.894. The molecule has 0 saturated carbocycles. The second kappa shape index (κ2) is 5.17. The first-order valence-electron chi connectivity index (χ1n) is 6.15. The van der Waals surface area contributed by atoms with Gasteiger partial charge in [-0.1, -0.05) is 0 Å². The highest BCUT2D eigenvalue weighted by molar-refractivity contribution is 5.33. The van der Waals surface area contributed by atoms with Crippen LogP contribution in [0.3, 0.4) is 0 Å². The van der Waals surface area contributed by atoms with E-state index in [9.17, 15) is 18.3 Å². The number of alkyl halides is 3. The SMILES string of the molecule is CC1(C)CN(c2nccc(C(F)(F)F)n2)CC(CO)O1. The zero-order valence-corrected chi connectivity index (χ0v) is 11.2. The Balaban J connectivity index is 2.26. The van der Waals surface area contributed by atoms with Crippen LogP contribution in [0.4, 0.5) is 19.1 Å². The van der Waals surface area contributed by atoms with E-state index in [4.69, 9.17) is 4.74 Å². The van der Waals surface area contributed by atoms with Crippen molar-refractivity contribution in [3.63, 3.8) is 0 Å². The molecule has 1 aromatic heterocycles. The van der Waals surface area contributed by atoms with Gasteiger partial charge in [0.1, 0.15) is 5.69 Å². The van der Waals surface area contributed by atoms with Crippen molar-refractivity contribution >= 4 is 5.95 Å². The molecule has 0 amide bonds. The smallest absolute Gasteiger partial charge is 0.394 e. The molecule has 1 unspecified atom stereocenters. The van der Waals surface area contributed by atoms with Gasteiger partial charge < -0.3 is 14.7 Å². The number of aromatic nitrogens is 2. The Morgan fingerprint density at radius 1 is 1.50 bits per heavy atom. The number of morpholine rings is 1. The lowest BCUT2D eigenvalue weighted by molar-refractivity contribution is -0.141. The van der Waals surface area contributed by atoms with Gasteiger partial charge in [-0.2, -0.15) is 13.2 Å². The summed E-state index contributed by atoms with van der Waals surface area (Å²) >= 11 is 0. The first-order valence-corrected chi connectivity index (χ1v) is 6.15. The third-order valence-electron chi connectivity index (χ3n) is 2.90. The molecule has 1 aliphatic heterocycles. The maximum atomic E-state index is 12.7. The average molecular weight is 291 g/mol. The molecule has 0 bridgehead atoms. The van der Waals surface area contributed by atoms with Crippen molar-refractivity contribution in [2.24, 2.45) is 0 Å². The number of anilines is 1. The van der Waals surface area contributed by atoms with Gasteiger partial charge >= 0.3 is 6.18 Å². The molecule has 2 rings (SSSR count). The maximum absolute atomic E-state index is 12.7. The summed E-state index contributed by atoms with van der Waals surface area (Å²) in [7, 11) is 0. The van der Waals surface area contributed by atoms with Crippen LogP contribution in [0, 0.1) is 0 Å². The van der Waals surface area contributed by atoms with Gasteiger partial charge in [-0.15, -0.1) is 0 Å². The Bertz CT molecular complexity index is 479. The minimum atomic E-state index is -4.50. The van der Waals surface area contributed by atoms with Gasteiger partial charge in [0.2, 0.25) is 5.95 Å². The standard InChI is InChI=1S/C12H16F3N3O2/c1-11(2)7-18(5-8(6-19)20-11)10-16-4-3-9(17-10)12(13,14)15/h3-4,8,19H,5-7H2,1-2H3. The fraction of sp³-hybridized carbons (Fsp3) is 0.667. The van der Waals surface area contributed by atoms with Gasteiger partial charge in [0.15, 0.2) is 0 Å². The van der Waals surface area contributed by atoms with E-state index in [2.05, 4.69) is 9.97 Å². The lowest BCUT2D eigenvalue weighted by Crippen LogP contribution is -2.54. The second-order valence-electron chi connectivity index (χ2n) is 5.30. The molecule has 0 aliphatic carbocycles. The van der Waals surface area contributed by atoms with Gasteiger partial charge in [0.05, 0.1) is 18.3 Å². The third kappa shape index (κ3) is 3.37. The summed E-state index contributed by atoms with van der Waals surface area (Å²) in [5, 5.41) is 9.20. The highest BCUT2D eigenvalue weighted by atomic mass is 19.4. The Morgan fingerprint density at radius 3 is 2.80 bits per heavy atom. The number of nitrogens with zero attached hydrogens (tertiary/aromatic N) is 3. The Morgan fingerprint density at radius 2 is 2.20 bits per heavy atom. The second-order valence-corrected chi connectivity index (χ2v) is 5.30. The van der Waals surface area contributed by atoms with Crippen molar-refractivity contribution in [3.05, 3.63) is 18.0 Å². The summed E-state index contributed by atoms with van der Waals surface area (Å²) in [4.78, 5) is 9.04. The summed E-state index contributed by atoms with van der Waals surface area (Å²) in [5.74, 6) is -0.00495. The van der Waals surface area contributed by atoms with Crippen molar-refractivity contribution in [1.29, 1.82) is 0 Å². The molecular formula is C12H16F3N3O2. The number of hydrogen-bond acceptors (Lipinski definition) is 5. The third-order valence-corrected chi connectivity index (χ3v) is 2.90. The predicted octanol–water partition coefficient (Wildman–Crippen LogP) is 1.47. The fourth-order valence-electron chi connectivity index (χ4n) is 2.20. The average Bonchev–Trinajstić information content (AvgIpc) is 2.36. The number of aliphatic hydroxyl groups is 1. The monoisotopic (exact) mass is 291 g/mol. The summed E-state index contributed by atoms with van der Waals surface area (Å²) in [6, 6.07) is 0.832. The van der Waals surface area contributed by atoms with Gasteiger partial charge in [-0.05, 0) is 19.9 Å². The van der Waals surface area contributed by atoms with E-state index in [-0.39, 0.29) is 19.1 Å². The highest BCUT2D eigenvalue weighted by Gasteiger charge is 2.36. The summed E-state index contributed by atoms with van der Waals surface area (Å²) in [5.41, 5.74) is -1.57. The Hall–Kier alpha value is -1.41. The number of rotatable bonds is 2. The Labute approximate surface area is 114 Å². The molecule has 1 aliphatic rings. The molecule has 1 fully saturated rings. The molecule has 112 valence electrons. The van der Waals surface area contributed by atoms with Crippen LogP contribution in [-0.2, 0) is 10.9 Å². The molecule has 1 N–H and O–H groups in total. The number of halogens is 3. The van der Waals surface area contributed by atoms with Crippen molar-refractivity contribution in [3.8, 4) is 0 Å². The van der Waals surface area contributed by atoms with Gasteiger partial charge in [0.25, 0.3) is 0 Å². The molecule has 5 nitrogen and oxygen atoms in total. The lowest BCUT2D eigenvalue weighted by Gasteiger charge is -2.42.